The second-order valence-corrected chi connectivity index (χ2v) is 13.5. The van der Waals surface area contributed by atoms with Crippen LogP contribution in [0.15, 0.2) is 0 Å². The number of carbonyl (C=O) groups is 2. The number of likely N-dealkylation sites (tertiary alicyclic amines) is 1. The molecule has 0 aromatic heterocycles. The summed E-state index contributed by atoms with van der Waals surface area (Å²) < 4.78 is 11.6. The lowest BCUT2D eigenvalue weighted by molar-refractivity contribution is -0.142. The number of aliphatic carboxylic acids is 1. The summed E-state index contributed by atoms with van der Waals surface area (Å²) in [6.07, 6.45) is -0.545. The van der Waals surface area contributed by atoms with Crippen LogP contribution in [0.4, 0.5) is 4.79 Å². The maximum absolute atomic E-state index is 12.3. The van der Waals surface area contributed by atoms with Gasteiger partial charge in [-0.05, 0) is 29.1 Å². The molecule has 1 fully saturated rings. The third-order valence-electron chi connectivity index (χ3n) is 4.44. The van der Waals surface area contributed by atoms with Crippen LogP contribution in [0.2, 0.25) is 18.1 Å². The summed E-state index contributed by atoms with van der Waals surface area (Å²) in [5.74, 6) is -1.02. The van der Waals surface area contributed by atoms with E-state index in [0.29, 0.717) is 6.42 Å². The Kier molecular flexibility index (Phi) is 5.58. The molecule has 1 aliphatic rings. The topological polar surface area (TPSA) is 76.1 Å². The number of hydrogen-bond acceptors (Lipinski definition) is 4. The van der Waals surface area contributed by atoms with Crippen molar-refractivity contribution in [2.45, 2.75) is 83.8 Å². The average molecular weight is 346 g/mol. The first-order valence-corrected chi connectivity index (χ1v) is 10.9. The molecular weight excluding hydrogens is 314 g/mol. The first-order chi connectivity index (χ1) is 10.1. The Bertz CT molecular complexity index is 464. The Balaban J connectivity index is 2.87. The number of nitrogens with zero attached hydrogens (tertiary/aromatic N) is 1. The summed E-state index contributed by atoms with van der Waals surface area (Å²) in [6.45, 7) is 16.2. The van der Waals surface area contributed by atoms with Gasteiger partial charge >= 0.3 is 12.1 Å². The first-order valence-electron chi connectivity index (χ1n) is 8.04. The first kappa shape index (κ1) is 20.0. The maximum atomic E-state index is 12.3. The van der Waals surface area contributed by atoms with Crippen LogP contribution in [0.25, 0.3) is 0 Å². The van der Waals surface area contributed by atoms with Gasteiger partial charge in [0.2, 0.25) is 0 Å². The van der Waals surface area contributed by atoms with Crippen LogP contribution in [0.1, 0.15) is 48.0 Å². The van der Waals surface area contributed by atoms with Gasteiger partial charge in [-0.1, -0.05) is 20.8 Å². The van der Waals surface area contributed by atoms with Crippen LogP contribution in [-0.2, 0) is 14.0 Å². The maximum Gasteiger partial charge on any atom is 0.411 e. The van der Waals surface area contributed by atoms with Crippen LogP contribution in [0.3, 0.4) is 0 Å². The van der Waals surface area contributed by atoms with E-state index in [1.165, 1.54) is 4.90 Å². The number of carboxylic acid groups (broad SMARTS) is 1. The highest BCUT2D eigenvalue weighted by Crippen LogP contribution is 2.39. The normalized spacial score (nSPS) is 23.0. The molecule has 1 rings (SSSR count). The van der Waals surface area contributed by atoms with Gasteiger partial charge < -0.3 is 14.3 Å². The van der Waals surface area contributed by atoms with E-state index in [-0.39, 0.29) is 17.7 Å². The largest absolute Gasteiger partial charge is 0.561 e. The predicted octanol–water partition coefficient (Wildman–Crippen LogP) is 3.47. The Morgan fingerprint density at radius 3 is 2.04 bits per heavy atom. The van der Waals surface area contributed by atoms with Gasteiger partial charge in [0, 0.05) is 19.1 Å². The number of amides is 1. The van der Waals surface area contributed by atoms with Crippen molar-refractivity contribution in [3.63, 3.8) is 0 Å². The number of carbonyl (C=O) groups excluding carboxylic acids is 1. The van der Waals surface area contributed by atoms with Gasteiger partial charge in [0.15, 0.2) is 0 Å². The van der Waals surface area contributed by atoms with Crippen molar-refractivity contribution in [2.24, 2.45) is 0 Å². The van der Waals surface area contributed by atoms with Crippen LogP contribution >= 0.6 is 0 Å². The minimum absolute atomic E-state index is 0.0328. The van der Waals surface area contributed by atoms with Crippen molar-refractivity contribution >= 4 is 20.4 Å². The van der Waals surface area contributed by atoms with Crippen LogP contribution in [0, 0.1) is 0 Å². The zero-order valence-corrected chi connectivity index (χ0v) is 16.6. The van der Waals surface area contributed by atoms with Gasteiger partial charge in [-0.3, -0.25) is 4.90 Å². The minimum Gasteiger partial charge on any atom is -0.561 e. The third kappa shape index (κ3) is 5.21. The van der Waals surface area contributed by atoms with E-state index in [4.69, 9.17) is 9.16 Å². The Labute approximate surface area is 140 Å². The molecule has 6 nitrogen and oxygen atoms in total. The SMILES string of the molecule is CC(C)(C)OC(=O)N1C[C@@H](O[Si-](C)(C)C(C)(C)C)C[C@H]1C(=O)O. The molecule has 1 saturated heterocycles. The Hall–Kier alpha value is -1.08. The van der Waals surface area contributed by atoms with Crippen molar-refractivity contribution in [3.05, 3.63) is 0 Å². The zero-order chi connectivity index (χ0) is 18.2. The molecule has 0 spiro atoms. The highest BCUT2D eigenvalue weighted by atomic mass is 28.4. The molecule has 0 bridgehead atoms. The van der Waals surface area contributed by atoms with Crippen molar-refractivity contribution in [1.82, 2.24) is 4.90 Å². The van der Waals surface area contributed by atoms with Gasteiger partial charge in [0.05, 0.1) is 0 Å². The van der Waals surface area contributed by atoms with E-state index in [2.05, 4.69) is 33.9 Å². The van der Waals surface area contributed by atoms with Crippen LogP contribution < -0.4 is 0 Å². The summed E-state index contributed by atoms with van der Waals surface area (Å²) in [5, 5.41) is 9.45. The van der Waals surface area contributed by atoms with Gasteiger partial charge in [-0.15, -0.1) is 18.1 Å². The monoisotopic (exact) mass is 345 g/mol. The summed E-state index contributed by atoms with van der Waals surface area (Å²) in [5.41, 5.74) is -0.654. The molecule has 7 heteroatoms. The standard InChI is InChI=1S/C16H31NO5Si/c1-15(2,3)21-14(20)17-10-11(9-12(17)13(18)19)22-23(7,8)16(4,5)6/h11-12H,9-10H2,1-8H3,(H,18,19)/q-1/t11-,12-/m0/s1. The van der Waals surface area contributed by atoms with Gasteiger partial charge in [-0.2, -0.15) is 0 Å². The molecule has 0 aromatic rings. The molecule has 0 unspecified atom stereocenters. The molecule has 23 heavy (non-hydrogen) atoms. The molecule has 0 saturated carbocycles. The van der Waals surface area contributed by atoms with Crippen molar-refractivity contribution in [3.8, 4) is 0 Å². The number of hydrogen-bond donors (Lipinski definition) is 1. The molecule has 1 N–H and O–H groups in total. The second-order valence-electron chi connectivity index (χ2n) is 8.72. The second kappa shape index (κ2) is 6.43. The van der Waals surface area contributed by atoms with Crippen molar-refractivity contribution in [1.29, 1.82) is 0 Å². The van der Waals surface area contributed by atoms with Crippen LogP contribution in [-0.4, -0.2) is 54.7 Å². The highest BCUT2D eigenvalue weighted by molar-refractivity contribution is 6.74. The molecule has 1 heterocycles. The quantitative estimate of drug-likeness (QED) is 0.793. The number of ether oxygens (including phenoxy) is 1. The third-order valence-corrected chi connectivity index (χ3v) is 8.98. The smallest absolute Gasteiger partial charge is 0.411 e. The fourth-order valence-corrected chi connectivity index (χ4v) is 3.59. The average Bonchev–Trinajstić information content (AvgIpc) is 2.68. The van der Waals surface area contributed by atoms with Gasteiger partial charge in [0.1, 0.15) is 11.6 Å². The highest BCUT2D eigenvalue weighted by Gasteiger charge is 2.42. The lowest BCUT2D eigenvalue weighted by Gasteiger charge is -2.50. The molecule has 1 aliphatic heterocycles. The van der Waals surface area contributed by atoms with E-state index in [1.807, 2.05) is 0 Å². The summed E-state index contributed by atoms with van der Waals surface area (Å²) in [4.78, 5) is 25.1. The van der Waals surface area contributed by atoms with Gasteiger partial charge in [-0.25, -0.2) is 9.59 Å². The van der Waals surface area contributed by atoms with E-state index < -0.39 is 32.0 Å². The molecule has 0 aliphatic carbocycles. The summed E-state index contributed by atoms with van der Waals surface area (Å²) in [7, 11) is -2.02. The number of carboxylic acids is 1. The Morgan fingerprint density at radius 2 is 1.65 bits per heavy atom. The Morgan fingerprint density at radius 1 is 1.13 bits per heavy atom. The number of rotatable bonds is 3. The molecular formula is C16H31NO5Si-. The zero-order valence-electron chi connectivity index (χ0n) is 15.6. The fraction of sp³-hybridized carbons (Fsp3) is 0.875. The van der Waals surface area contributed by atoms with E-state index in [1.54, 1.807) is 20.8 Å². The van der Waals surface area contributed by atoms with Crippen molar-refractivity contribution < 1.29 is 23.9 Å². The lowest BCUT2D eigenvalue weighted by atomic mass is 10.2. The lowest BCUT2D eigenvalue weighted by Crippen LogP contribution is -2.45. The van der Waals surface area contributed by atoms with Crippen molar-refractivity contribution in [2.75, 3.05) is 6.54 Å². The summed E-state index contributed by atoms with van der Waals surface area (Å²) >= 11 is 0. The van der Waals surface area contributed by atoms with Crippen LogP contribution in [0.5, 0.6) is 0 Å². The molecule has 135 valence electrons. The molecule has 2 atom stereocenters. The molecule has 1 amide bonds. The molecule has 0 radical (unpaired) electrons. The minimum atomic E-state index is -2.02. The predicted molar refractivity (Wildman–Crippen MR) is 91.1 cm³/mol. The summed E-state index contributed by atoms with van der Waals surface area (Å²) in [6, 6.07) is -0.889. The van der Waals surface area contributed by atoms with E-state index >= 15 is 0 Å². The molecule has 0 aromatic carbocycles. The van der Waals surface area contributed by atoms with E-state index in [0.717, 1.165) is 0 Å². The van der Waals surface area contributed by atoms with E-state index in [9.17, 15) is 14.7 Å². The van der Waals surface area contributed by atoms with Gasteiger partial charge in [0.25, 0.3) is 0 Å². The fourth-order valence-electron chi connectivity index (χ4n) is 2.23.